The molecule has 0 spiro atoms. The largest absolute Gasteiger partial charge is 0.465 e. The number of carbonyl (C=O) groups is 1. The number of unbranched alkanes of at least 4 members (excludes halogenated alkanes) is 2. The van der Waals surface area contributed by atoms with Crippen molar-refractivity contribution in [3.05, 3.63) is 35.1 Å². The predicted molar refractivity (Wildman–Crippen MR) is 64.1 cm³/mol. The van der Waals surface area contributed by atoms with Crippen molar-refractivity contribution in [2.45, 2.75) is 25.7 Å². The SMILES string of the molecule is C#CCCCCc1ccc(C(=O)OC)c(F)c1. The van der Waals surface area contributed by atoms with Gasteiger partial charge in [-0.05, 0) is 37.0 Å². The molecule has 0 amide bonds. The van der Waals surface area contributed by atoms with Crippen molar-refractivity contribution in [2.24, 2.45) is 0 Å². The zero-order valence-electron chi connectivity index (χ0n) is 9.83. The predicted octanol–water partition coefficient (Wildman–Crippen LogP) is 2.96. The number of ether oxygens (including phenoxy) is 1. The number of benzene rings is 1. The number of hydrogen-bond acceptors (Lipinski definition) is 2. The summed E-state index contributed by atoms with van der Waals surface area (Å²) in [5.41, 5.74) is 0.840. The van der Waals surface area contributed by atoms with Crippen LogP contribution in [0.5, 0.6) is 0 Å². The van der Waals surface area contributed by atoms with Gasteiger partial charge in [0, 0.05) is 6.42 Å². The molecular formula is C14H15FO2. The van der Waals surface area contributed by atoms with Crippen molar-refractivity contribution in [1.82, 2.24) is 0 Å². The number of terminal acetylenes is 1. The summed E-state index contributed by atoms with van der Waals surface area (Å²) in [6.45, 7) is 0. The summed E-state index contributed by atoms with van der Waals surface area (Å²) in [5.74, 6) is 1.37. The average molecular weight is 234 g/mol. The fourth-order valence-corrected chi connectivity index (χ4v) is 1.55. The third kappa shape index (κ3) is 3.92. The van der Waals surface area contributed by atoms with E-state index in [4.69, 9.17) is 6.42 Å². The molecule has 0 saturated carbocycles. The first-order chi connectivity index (χ1) is 8.19. The lowest BCUT2D eigenvalue weighted by Gasteiger charge is -2.04. The van der Waals surface area contributed by atoms with Crippen LogP contribution in [0.25, 0.3) is 0 Å². The molecular weight excluding hydrogens is 219 g/mol. The topological polar surface area (TPSA) is 26.3 Å². The van der Waals surface area contributed by atoms with Crippen molar-refractivity contribution in [2.75, 3.05) is 7.11 Å². The van der Waals surface area contributed by atoms with Gasteiger partial charge in [-0.1, -0.05) is 6.07 Å². The Morgan fingerprint density at radius 2 is 2.24 bits per heavy atom. The molecule has 3 heteroatoms. The summed E-state index contributed by atoms with van der Waals surface area (Å²) in [4.78, 5) is 11.2. The van der Waals surface area contributed by atoms with E-state index in [1.54, 1.807) is 6.07 Å². The summed E-state index contributed by atoms with van der Waals surface area (Å²) in [5, 5.41) is 0. The molecule has 0 aromatic heterocycles. The van der Waals surface area contributed by atoms with E-state index in [9.17, 15) is 9.18 Å². The zero-order chi connectivity index (χ0) is 12.7. The van der Waals surface area contributed by atoms with Gasteiger partial charge in [0.05, 0.1) is 12.7 Å². The third-order valence-corrected chi connectivity index (χ3v) is 2.48. The maximum atomic E-state index is 13.5. The number of esters is 1. The monoisotopic (exact) mass is 234 g/mol. The van der Waals surface area contributed by atoms with Gasteiger partial charge in [0.2, 0.25) is 0 Å². The lowest BCUT2D eigenvalue weighted by Crippen LogP contribution is -2.04. The first-order valence-corrected chi connectivity index (χ1v) is 5.49. The molecule has 1 aromatic rings. The standard InChI is InChI=1S/C14H15FO2/c1-3-4-5-6-7-11-8-9-12(13(15)10-11)14(16)17-2/h1,8-10H,4-7H2,2H3. The van der Waals surface area contributed by atoms with E-state index in [0.717, 1.165) is 31.2 Å². The Labute approximate surface area is 101 Å². The Kier molecular flexibility index (Phi) is 5.22. The summed E-state index contributed by atoms with van der Waals surface area (Å²) >= 11 is 0. The van der Waals surface area contributed by atoms with Crippen LogP contribution in [0.15, 0.2) is 18.2 Å². The number of hydrogen-bond donors (Lipinski definition) is 0. The van der Waals surface area contributed by atoms with Crippen LogP contribution in [0.2, 0.25) is 0 Å². The minimum absolute atomic E-state index is 0.0279. The molecule has 2 nitrogen and oxygen atoms in total. The van der Waals surface area contributed by atoms with Crippen molar-refractivity contribution in [1.29, 1.82) is 0 Å². The van der Waals surface area contributed by atoms with Gasteiger partial charge in [-0.2, -0.15) is 0 Å². The number of rotatable bonds is 5. The number of methoxy groups -OCH3 is 1. The molecule has 0 aliphatic carbocycles. The van der Waals surface area contributed by atoms with Crippen LogP contribution >= 0.6 is 0 Å². The molecule has 17 heavy (non-hydrogen) atoms. The molecule has 0 unspecified atom stereocenters. The van der Waals surface area contributed by atoms with Gasteiger partial charge in [-0.25, -0.2) is 9.18 Å². The highest BCUT2D eigenvalue weighted by Crippen LogP contribution is 2.14. The number of halogens is 1. The van der Waals surface area contributed by atoms with Crippen LogP contribution in [0.3, 0.4) is 0 Å². The molecule has 0 fully saturated rings. The van der Waals surface area contributed by atoms with Gasteiger partial charge in [0.25, 0.3) is 0 Å². The maximum Gasteiger partial charge on any atom is 0.340 e. The molecule has 0 bridgehead atoms. The minimum atomic E-state index is -0.651. The van der Waals surface area contributed by atoms with Gasteiger partial charge in [-0.3, -0.25) is 0 Å². The summed E-state index contributed by atoms with van der Waals surface area (Å²) in [7, 11) is 1.23. The van der Waals surface area contributed by atoms with E-state index in [1.807, 2.05) is 0 Å². The quantitative estimate of drug-likeness (QED) is 0.445. The van der Waals surface area contributed by atoms with E-state index in [2.05, 4.69) is 10.7 Å². The summed E-state index contributed by atoms with van der Waals surface area (Å²) < 4.78 is 18.0. The molecule has 0 saturated heterocycles. The Hall–Kier alpha value is -1.82. The first kappa shape index (κ1) is 13.2. The fraction of sp³-hybridized carbons (Fsp3) is 0.357. The van der Waals surface area contributed by atoms with Gasteiger partial charge in [0.1, 0.15) is 5.82 Å². The van der Waals surface area contributed by atoms with Gasteiger partial charge >= 0.3 is 5.97 Å². The Morgan fingerprint density at radius 3 is 2.82 bits per heavy atom. The highest BCUT2D eigenvalue weighted by Gasteiger charge is 2.11. The second kappa shape index (κ2) is 6.70. The molecule has 90 valence electrons. The van der Waals surface area contributed by atoms with E-state index in [0.29, 0.717) is 0 Å². The molecule has 1 rings (SSSR count). The normalized spacial score (nSPS) is 9.71. The van der Waals surface area contributed by atoms with Crippen LogP contribution in [-0.2, 0) is 11.2 Å². The minimum Gasteiger partial charge on any atom is -0.465 e. The molecule has 1 aromatic carbocycles. The zero-order valence-corrected chi connectivity index (χ0v) is 9.83. The van der Waals surface area contributed by atoms with Gasteiger partial charge < -0.3 is 4.74 Å². The molecule has 0 aliphatic rings. The molecule has 0 atom stereocenters. The Balaban J connectivity index is 2.63. The summed E-state index contributed by atoms with van der Waals surface area (Å²) in [6.07, 6.45) is 8.49. The van der Waals surface area contributed by atoms with Gasteiger partial charge in [0.15, 0.2) is 0 Å². The molecule has 0 aliphatic heterocycles. The van der Waals surface area contributed by atoms with Crippen LogP contribution in [0, 0.1) is 18.2 Å². The third-order valence-electron chi connectivity index (χ3n) is 2.48. The average Bonchev–Trinajstić information content (AvgIpc) is 2.34. The molecule has 0 radical (unpaired) electrons. The van der Waals surface area contributed by atoms with E-state index in [-0.39, 0.29) is 5.56 Å². The van der Waals surface area contributed by atoms with Crippen molar-refractivity contribution in [3.63, 3.8) is 0 Å². The van der Waals surface area contributed by atoms with Gasteiger partial charge in [-0.15, -0.1) is 12.3 Å². The smallest absolute Gasteiger partial charge is 0.340 e. The second-order valence-electron chi connectivity index (χ2n) is 3.72. The Bertz CT molecular complexity index is 432. The second-order valence-corrected chi connectivity index (χ2v) is 3.72. The lowest BCUT2D eigenvalue weighted by molar-refractivity contribution is 0.0595. The molecule has 0 heterocycles. The van der Waals surface area contributed by atoms with Crippen LogP contribution in [0.1, 0.15) is 35.2 Å². The van der Waals surface area contributed by atoms with Crippen LogP contribution in [0.4, 0.5) is 4.39 Å². The summed E-state index contributed by atoms with van der Waals surface area (Å²) in [6, 6.07) is 4.57. The van der Waals surface area contributed by atoms with Crippen molar-refractivity contribution < 1.29 is 13.9 Å². The van der Waals surface area contributed by atoms with Crippen LogP contribution in [-0.4, -0.2) is 13.1 Å². The number of carbonyl (C=O) groups excluding carboxylic acids is 1. The molecule has 0 N–H and O–H groups in total. The highest BCUT2D eigenvalue weighted by molar-refractivity contribution is 5.89. The van der Waals surface area contributed by atoms with E-state index in [1.165, 1.54) is 19.2 Å². The number of aryl methyl sites for hydroxylation is 1. The van der Waals surface area contributed by atoms with E-state index >= 15 is 0 Å². The fourth-order valence-electron chi connectivity index (χ4n) is 1.55. The first-order valence-electron chi connectivity index (χ1n) is 5.49. The van der Waals surface area contributed by atoms with Crippen LogP contribution < -0.4 is 0 Å². The maximum absolute atomic E-state index is 13.5. The highest BCUT2D eigenvalue weighted by atomic mass is 19.1. The van der Waals surface area contributed by atoms with Crippen molar-refractivity contribution >= 4 is 5.97 Å². The lowest BCUT2D eigenvalue weighted by atomic mass is 10.0. The van der Waals surface area contributed by atoms with E-state index < -0.39 is 11.8 Å². The van der Waals surface area contributed by atoms with Crippen molar-refractivity contribution in [3.8, 4) is 12.3 Å². The Morgan fingerprint density at radius 1 is 1.47 bits per heavy atom.